The zero-order valence-electron chi connectivity index (χ0n) is 14.1. The largest absolute Gasteiger partial charge is 1.00 e. The van der Waals surface area contributed by atoms with Crippen molar-refractivity contribution in [3.8, 4) is 0 Å². The summed E-state index contributed by atoms with van der Waals surface area (Å²) in [6.45, 7) is 1.48. The van der Waals surface area contributed by atoms with Crippen LogP contribution in [0.4, 0.5) is 0 Å². The molecule has 0 unspecified atom stereocenters. The Bertz CT molecular complexity index is 911. The molecule has 0 spiro atoms. The molecule has 1 amide bonds. The molecule has 3 atom stereocenters. The number of carboxylic acid groups (broad SMARTS) is 1. The zero-order valence-corrected chi connectivity index (χ0v) is 17.7. The van der Waals surface area contributed by atoms with Crippen molar-refractivity contribution in [1.82, 2.24) is 19.7 Å². The number of aromatic nitrogens is 3. The van der Waals surface area contributed by atoms with Crippen LogP contribution in [0.3, 0.4) is 0 Å². The van der Waals surface area contributed by atoms with Gasteiger partial charge in [-0.15, -0.1) is 16.9 Å². The number of fused-ring (bicyclic) bond motifs is 1. The van der Waals surface area contributed by atoms with Crippen LogP contribution in [0, 0.1) is 5.92 Å². The Morgan fingerprint density at radius 2 is 2.12 bits per heavy atom. The van der Waals surface area contributed by atoms with Gasteiger partial charge in [-0.25, -0.2) is 5.10 Å². The monoisotopic (exact) mass is 408 g/mol. The number of aliphatic carboxylic acids is 1. The first kappa shape index (κ1) is 21.3. The van der Waals surface area contributed by atoms with E-state index in [-0.39, 0.29) is 46.2 Å². The SMILES string of the molecule is C[C@@H](O)[C@H]1C(=O)N2C(C(=O)[O-])=C(CSc3n[nH]c(=O)c(=O)n3C)S[C@H]12.[Na+]. The van der Waals surface area contributed by atoms with E-state index in [1.54, 1.807) is 0 Å². The Kier molecular flexibility index (Phi) is 6.46. The number of hydrogen-bond donors (Lipinski definition) is 2. The van der Waals surface area contributed by atoms with Crippen molar-refractivity contribution < 1.29 is 49.4 Å². The van der Waals surface area contributed by atoms with Gasteiger partial charge in [-0.2, -0.15) is 0 Å². The van der Waals surface area contributed by atoms with Gasteiger partial charge >= 0.3 is 40.7 Å². The van der Waals surface area contributed by atoms with Gasteiger partial charge in [-0.05, 0) is 6.92 Å². The summed E-state index contributed by atoms with van der Waals surface area (Å²) in [5, 5.41) is 26.6. The summed E-state index contributed by atoms with van der Waals surface area (Å²) in [4.78, 5) is 47.8. The summed E-state index contributed by atoms with van der Waals surface area (Å²) in [6, 6.07) is 0. The van der Waals surface area contributed by atoms with Crippen molar-refractivity contribution in [3.63, 3.8) is 0 Å². The molecule has 13 heteroatoms. The van der Waals surface area contributed by atoms with Gasteiger partial charge in [-0.3, -0.25) is 23.9 Å². The second kappa shape index (κ2) is 7.90. The first-order chi connectivity index (χ1) is 11.7. The van der Waals surface area contributed by atoms with Crippen LogP contribution >= 0.6 is 23.5 Å². The average Bonchev–Trinajstić information content (AvgIpc) is 2.86. The number of aliphatic hydroxyl groups excluding tert-OH is 1. The maximum absolute atomic E-state index is 12.1. The fourth-order valence-electron chi connectivity index (χ4n) is 2.66. The van der Waals surface area contributed by atoms with E-state index in [0.717, 1.165) is 21.2 Å². The molecule has 3 heterocycles. The third kappa shape index (κ3) is 3.41. The van der Waals surface area contributed by atoms with E-state index < -0.39 is 40.4 Å². The number of aliphatic hydroxyl groups is 1. The van der Waals surface area contributed by atoms with Gasteiger partial charge in [-0.1, -0.05) is 11.8 Å². The average molecular weight is 408 g/mol. The summed E-state index contributed by atoms with van der Waals surface area (Å²) in [5.41, 5.74) is -1.86. The predicted octanol–water partition coefficient (Wildman–Crippen LogP) is -5.56. The van der Waals surface area contributed by atoms with E-state index in [4.69, 9.17) is 0 Å². The molecule has 0 aromatic carbocycles. The van der Waals surface area contributed by atoms with Crippen LogP contribution in [0.2, 0.25) is 0 Å². The quantitative estimate of drug-likeness (QED) is 0.211. The molecule has 2 aliphatic rings. The molecule has 2 aliphatic heterocycles. The number of H-pyrrole nitrogens is 1. The third-order valence-electron chi connectivity index (χ3n) is 3.94. The van der Waals surface area contributed by atoms with Crippen molar-refractivity contribution in [2.24, 2.45) is 13.0 Å². The second-order valence-electron chi connectivity index (χ2n) is 5.53. The number of rotatable bonds is 5. The van der Waals surface area contributed by atoms with E-state index in [0.29, 0.717) is 4.91 Å². The van der Waals surface area contributed by atoms with Crippen LogP contribution in [0.1, 0.15) is 6.92 Å². The maximum Gasteiger partial charge on any atom is 1.00 e. The Morgan fingerprint density at radius 3 is 2.69 bits per heavy atom. The number of thioether (sulfide) groups is 2. The Labute approximate surface area is 177 Å². The van der Waals surface area contributed by atoms with E-state index in [2.05, 4.69) is 10.2 Å². The maximum atomic E-state index is 12.1. The number of carboxylic acids is 1. The molecule has 0 aliphatic carbocycles. The van der Waals surface area contributed by atoms with Crippen LogP contribution in [0.5, 0.6) is 0 Å². The minimum Gasteiger partial charge on any atom is -0.543 e. The minimum absolute atomic E-state index is 0. The van der Waals surface area contributed by atoms with Crippen LogP contribution < -0.4 is 45.8 Å². The number of amides is 1. The van der Waals surface area contributed by atoms with Crippen molar-refractivity contribution in [2.75, 3.05) is 5.75 Å². The summed E-state index contributed by atoms with van der Waals surface area (Å²) >= 11 is 2.21. The fraction of sp³-hybridized carbons (Fsp3) is 0.462. The molecular weight excluding hydrogens is 395 g/mol. The van der Waals surface area contributed by atoms with Gasteiger partial charge in [0.25, 0.3) is 0 Å². The molecule has 1 saturated heterocycles. The number of aromatic amines is 1. The van der Waals surface area contributed by atoms with E-state index in [1.807, 2.05) is 0 Å². The Balaban J connectivity index is 0.00000243. The minimum atomic E-state index is -1.48. The Morgan fingerprint density at radius 1 is 1.46 bits per heavy atom. The number of hydrogen-bond acceptors (Lipinski definition) is 9. The molecule has 2 N–H and O–H groups in total. The predicted molar refractivity (Wildman–Crippen MR) is 86.3 cm³/mol. The van der Waals surface area contributed by atoms with Gasteiger partial charge in [0.05, 0.1) is 23.7 Å². The normalized spacial score (nSPS) is 22.6. The first-order valence-corrected chi connectivity index (χ1v) is 9.01. The number of nitrogens with one attached hydrogen (secondary N) is 1. The zero-order chi connectivity index (χ0) is 18.5. The third-order valence-corrected chi connectivity index (χ3v) is 6.54. The number of carbonyl (C=O) groups excluding carboxylic acids is 2. The topological polar surface area (TPSA) is 148 Å². The molecular formula is C13H13N4NaO6S2. The van der Waals surface area contributed by atoms with E-state index >= 15 is 0 Å². The molecule has 134 valence electrons. The number of β-lactam (4-membered cyclic amide) rings is 1. The standard InChI is InChI=1S/C13H14N4O6S2.Na/c1-4(18)6-9(20)17-7(12(22)23)5(25-11(6)17)3-24-13-15-14-8(19)10(21)16(13)2;/h4,6,11,18H,3H2,1-2H3,(H,14,19)(H,22,23);/q;+1/p-1/t4-,6+,11-;/m1./s1. The number of carbonyl (C=O) groups is 2. The molecule has 0 radical (unpaired) electrons. The van der Waals surface area contributed by atoms with Crippen molar-refractivity contribution in [3.05, 3.63) is 31.3 Å². The van der Waals surface area contributed by atoms with Crippen LogP contribution in [0.25, 0.3) is 0 Å². The van der Waals surface area contributed by atoms with Gasteiger partial charge < -0.3 is 15.0 Å². The molecule has 26 heavy (non-hydrogen) atoms. The van der Waals surface area contributed by atoms with Crippen molar-refractivity contribution in [2.45, 2.75) is 23.6 Å². The van der Waals surface area contributed by atoms with E-state index in [9.17, 15) is 29.4 Å². The number of nitrogens with zero attached hydrogens (tertiary/aromatic N) is 3. The molecule has 0 bridgehead atoms. The molecule has 1 aromatic heterocycles. The van der Waals surface area contributed by atoms with Gasteiger partial charge in [0, 0.05) is 17.7 Å². The molecule has 0 saturated carbocycles. The fourth-order valence-corrected chi connectivity index (χ4v) is 5.29. The van der Waals surface area contributed by atoms with Crippen LogP contribution in [-0.2, 0) is 16.6 Å². The van der Waals surface area contributed by atoms with Gasteiger partial charge in [0.2, 0.25) is 5.91 Å². The summed E-state index contributed by atoms with van der Waals surface area (Å²) in [6.07, 6.45) is -0.891. The van der Waals surface area contributed by atoms with Crippen molar-refractivity contribution in [1.29, 1.82) is 0 Å². The molecule has 1 fully saturated rings. The first-order valence-electron chi connectivity index (χ1n) is 7.14. The molecule has 10 nitrogen and oxygen atoms in total. The second-order valence-corrected chi connectivity index (χ2v) is 7.68. The van der Waals surface area contributed by atoms with Crippen LogP contribution in [-0.4, -0.2) is 53.9 Å². The summed E-state index contributed by atoms with van der Waals surface area (Å²) in [7, 11) is 1.38. The summed E-state index contributed by atoms with van der Waals surface area (Å²) < 4.78 is 1.06. The Hall–Kier alpha value is -1.05. The van der Waals surface area contributed by atoms with E-state index in [1.165, 1.54) is 25.7 Å². The van der Waals surface area contributed by atoms with Crippen LogP contribution in [0.15, 0.2) is 25.3 Å². The molecule has 3 rings (SSSR count). The summed E-state index contributed by atoms with van der Waals surface area (Å²) in [5.74, 6) is -2.49. The van der Waals surface area contributed by atoms with Gasteiger partial charge in [0.1, 0.15) is 5.37 Å². The van der Waals surface area contributed by atoms with Gasteiger partial charge in [0.15, 0.2) is 5.16 Å². The molecule has 1 aromatic rings. The smallest absolute Gasteiger partial charge is 0.543 e. The van der Waals surface area contributed by atoms with Crippen molar-refractivity contribution >= 4 is 35.4 Å².